The highest BCUT2D eigenvalue weighted by Gasteiger charge is 2.31. The lowest BCUT2D eigenvalue weighted by molar-refractivity contribution is -0.133. The predicted molar refractivity (Wildman–Crippen MR) is 188 cm³/mol. The van der Waals surface area contributed by atoms with Gasteiger partial charge in [0.2, 0.25) is 17.7 Å². The molecule has 3 aromatic carbocycles. The summed E-state index contributed by atoms with van der Waals surface area (Å²) in [7, 11) is 1.60. The SMILES string of the molecule is CC(=O)N(C)c1ccc2oc(C(=O)N[C@H](Cc3ccc(Cl)cc3)C(=O)N3CCN(c4ccccc4CN4CCCC4=O)CC3)cc(=O)c2c1. The molecule has 0 radical (unpaired) electrons. The van der Waals surface area contributed by atoms with Gasteiger partial charge in [-0.15, -0.1) is 0 Å². The van der Waals surface area contributed by atoms with Gasteiger partial charge in [-0.25, -0.2) is 0 Å². The molecule has 254 valence electrons. The largest absolute Gasteiger partial charge is 0.451 e. The number of amides is 4. The fourth-order valence-electron chi connectivity index (χ4n) is 6.35. The van der Waals surface area contributed by atoms with E-state index in [1.54, 1.807) is 54.4 Å². The van der Waals surface area contributed by atoms with E-state index in [2.05, 4.69) is 16.3 Å². The fourth-order valence-corrected chi connectivity index (χ4v) is 6.48. The average Bonchev–Trinajstić information content (AvgIpc) is 3.51. The first-order chi connectivity index (χ1) is 23.6. The van der Waals surface area contributed by atoms with Crippen LogP contribution in [0, 0.1) is 0 Å². The van der Waals surface area contributed by atoms with Gasteiger partial charge in [-0.3, -0.25) is 24.0 Å². The van der Waals surface area contributed by atoms with Gasteiger partial charge in [-0.1, -0.05) is 41.9 Å². The summed E-state index contributed by atoms with van der Waals surface area (Å²) in [6, 6.07) is 20.0. The molecule has 12 heteroatoms. The Labute approximate surface area is 289 Å². The van der Waals surface area contributed by atoms with Gasteiger partial charge in [0, 0.05) is 88.5 Å². The minimum Gasteiger partial charge on any atom is -0.451 e. The van der Waals surface area contributed by atoms with Crippen molar-refractivity contribution < 1.29 is 23.6 Å². The molecule has 2 saturated heterocycles. The quantitative estimate of drug-likeness (QED) is 0.280. The second-order valence-electron chi connectivity index (χ2n) is 12.4. The van der Waals surface area contributed by atoms with E-state index >= 15 is 0 Å². The number of fused-ring (bicyclic) bond motifs is 1. The van der Waals surface area contributed by atoms with Gasteiger partial charge in [-0.2, -0.15) is 0 Å². The van der Waals surface area contributed by atoms with Crippen LogP contribution in [0.25, 0.3) is 11.0 Å². The van der Waals surface area contributed by atoms with E-state index in [1.807, 2.05) is 23.1 Å². The Kier molecular flexibility index (Phi) is 10.0. The molecule has 11 nitrogen and oxygen atoms in total. The standard InChI is InChI=1S/C37H38ClN5O6/c1-24(44)40(2)28-13-14-33-29(21-28)32(45)22-34(49-33)36(47)39-30(20-25-9-11-27(38)12-10-25)37(48)42-18-16-41(17-19-42)31-7-4-3-6-26(31)23-43-15-5-8-35(43)46/h3-4,6-7,9-14,21-22,30H,5,8,15-20,23H2,1-2H3,(H,39,47)/t30-/m1/s1. The number of hydrogen-bond donors (Lipinski definition) is 1. The summed E-state index contributed by atoms with van der Waals surface area (Å²) < 4.78 is 5.83. The Morgan fingerprint density at radius 3 is 2.37 bits per heavy atom. The second kappa shape index (κ2) is 14.5. The second-order valence-corrected chi connectivity index (χ2v) is 12.9. The van der Waals surface area contributed by atoms with Crippen LogP contribution < -0.4 is 20.5 Å². The fraction of sp³-hybridized carbons (Fsp3) is 0.324. The number of nitrogens with zero attached hydrogens (tertiary/aromatic N) is 4. The zero-order valence-corrected chi connectivity index (χ0v) is 28.2. The normalized spacial score (nSPS) is 15.4. The Bertz CT molecular complexity index is 1950. The Hall–Kier alpha value is -5.16. The first kappa shape index (κ1) is 33.7. The summed E-state index contributed by atoms with van der Waals surface area (Å²) >= 11 is 6.10. The van der Waals surface area contributed by atoms with E-state index in [0.717, 1.165) is 35.8 Å². The van der Waals surface area contributed by atoms with E-state index < -0.39 is 17.4 Å². The van der Waals surface area contributed by atoms with Crippen molar-refractivity contribution in [1.29, 1.82) is 0 Å². The maximum absolute atomic E-state index is 14.0. The number of para-hydroxylation sites is 1. The van der Waals surface area contributed by atoms with Crippen LogP contribution in [0.2, 0.25) is 5.02 Å². The number of halogens is 1. The zero-order chi connectivity index (χ0) is 34.7. The number of piperazine rings is 1. The van der Waals surface area contributed by atoms with Crippen LogP contribution in [0.15, 0.2) is 82.0 Å². The van der Waals surface area contributed by atoms with Gasteiger partial charge >= 0.3 is 0 Å². The smallest absolute Gasteiger partial charge is 0.287 e. The van der Waals surface area contributed by atoms with Crippen molar-refractivity contribution >= 4 is 57.6 Å². The van der Waals surface area contributed by atoms with E-state index in [1.165, 1.54) is 11.8 Å². The summed E-state index contributed by atoms with van der Waals surface area (Å²) in [6.07, 6.45) is 1.67. The molecule has 2 aliphatic heterocycles. The van der Waals surface area contributed by atoms with Crippen molar-refractivity contribution in [1.82, 2.24) is 15.1 Å². The maximum atomic E-state index is 14.0. The van der Waals surface area contributed by atoms with Crippen LogP contribution in [-0.4, -0.2) is 79.2 Å². The molecular formula is C37H38ClN5O6. The highest BCUT2D eigenvalue weighted by atomic mass is 35.5. The molecule has 0 saturated carbocycles. The topological polar surface area (TPSA) is 123 Å². The van der Waals surface area contributed by atoms with Gasteiger partial charge < -0.3 is 29.3 Å². The first-order valence-electron chi connectivity index (χ1n) is 16.3. The third kappa shape index (κ3) is 7.62. The molecule has 1 atom stereocenters. The van der Waals surface area contributed by atoms with Crippen LogP contribution >= 0.6 is 11.6 Å². The number of carbonyl (C=O) groups is 4. The summed E-state index contributed by atoms with van der Waals surface area (Å²) in [5.74, 6) is -1.19. The molecule has 0 bridgehead atoms. The van der Waals surface area contributed by atoms with Gasteiger partial charge in [0.05, 0.1) is 5.39 Å². The molecule has 4 amide bonds. The number of hydrogen-bond acceptors (Lipinski definition) is 7. The molecule has 0 unspecified atom stereocenters. The van der Waals surface area contributed by atoms with Crippen LogP contribution in [0.1, 0.15) is 41.4 Å². The molecule has 3 heterocycles. The van der Waals surface area contributed by atoms with Crippen LogP contribution in [-0.2, 0) is 27.3 Å². The highest BCUT2D eigenvalue weighted by Crippen LogP contribution is 2.26. The lowest BCUT2D eigenvalue weighted by atomic mass is 10.0. The van der Waals surface area contributed by atoms with Crippen molar-refractivity contribution in [3.05, 3.63) is 105 Å². The van der Waals surface area contributed by atoms with Crippen molar-refractivity contribution in [2.24, 2.45) is 0 Å². The number of carbonyl (C=O) groups excluding carboxylic acids is 4. The molecule has 0 aliphatic carbocycles. The lowest BCUT2D eigenvalue weighted by Crippen LogP contribution is -2.55. The first-order valence-corrected chi connectivity index (χ1v) is 16.7. The average molecular weight is 684 g/mol. The Balaban J connectivity index is 1.19. The molecule has 2 aliphatic rings. The number of anilines is 2. The maximum Gasteiger partial charge on any atom is 0.287 e. The summed E-state index contributed by atoms with van der Waals surface area (Å²) in [5, 5.41) is 3.60. The van der Waals surface area contributed by atoms with E-state index in [4.69, 9.17) is 16.0 Å². The summed E-state index contributed by atoms with van der Waals surface area (Å²) in [5.41, 5.74) is 3.18. The lowest BCUT2D eigenvalue weighted by Gasteiger charge is -2.38. The minimum absolute atomic E-state index is 0.175. The molecule has 49 heavy (non-hydrogen) atoms. The van der Waals surface area contributed by atoms with Crippen molar-refractivity contribution in [2.45, 2.75) is 38.8 Å². The summed E-state index contributed by atoms with van der Waals surface area (Å²) in [6.45, 7) is 4.78. The van der Waals surface area contributed by atoms with Crippen molar-refractivity contribution in [3.8, 4) is 0 Å². The van der Waals surface area contributed by atoms with Crippen molar-refractivity contribution in [2.75, 3.05) is 49.6 Å². The molecule has 6 rings (SSSR count). The molecular weight excluding hydrogens is 646 g/mol. The van der Waals surface area contributed by atoms with Crippen LogP contribution in [0.5, 0.6) is 0 Å². The van der Waals surface area contributed by atoms with Crippen molar-refractivity contribution in [3.63, 3.8) is 0 Å². The molecule has 2 fully saturated rings. The van der Waals surface area contributed by atoms with E-state index in [0.29, 0.717) is 49.9 Å². The van der Waals surface area contributed by atoms with Gasteiger partial charge in [-0.05, 0) is 53.9 Å². The Morgan fingerprint density at radius 2 is 1.67 bits per heavy atom. The van der Waals surface area contributed by atoms with E-state index in [-0.39, 0.29) is 40.9 Å². The molecule has 1 N–H and O–H groups in total. The monoisotopic (exact) mass is 683 g/mol. The number of likely N-dealkylation sites (tertiary alicyclic amines) is 1. The van der Waals surface area contributed by atoms with Gasteiger partial charge in [0.15, 0.2) is 11.2 Å². The van der Waals surface area contributed by atoms with Gasteiger partial charge in [0.25, 0.3) is 5.91 Å². The summed E-state index contributed by atoms with van der Waals surface area (Å²) in [4.78, 5) is 72.1. The third-order valence-electron chi connectivity index (χ3n) is 9.21. The van der Waals surface area contributed by atoms with Gasteiger partial charge in [0.1, 0.15) is 11.6 Å². The van der Waals surface area contributed by atoms with Crippen LogP contribution in [0.4, 0.5) is 11.4 Å². The number of benzene rings is 3. The number of nitrogens with one attached hydrogen (secondary N) is 1. The number of rotatable bonds is 9. The van der Waals surface area contributed by atoms with E-state index in [9.17, 15) is 24.0 Å². The van der Waals surface area contributed by atoms with Crippen LogP contribution in [0.3, 0.4) is 0 Å². The highest BCUT2D eigenvalue weighted by molar-refractivity contribution is 6.30. The molecule has 4 aromatic rings. The molecule has 1 aromatic heterocycles. The third-order valence-corrected chi connectivity index (χ3v) is 9.46. The zero-order valence-electron chi connectivity index (χ0n) is 27.5. The molecule has 0 spiro atoms. The Morgan fingerprint density at radius 1 is 0.939 bits per heavy atom. The predicted octanol–water partition coefficient (Wildman–Crippen LogP) is 4.24. The minimum atomic E-state index is -0.943.